The Bertz CT molecular complexity index is 929. The van der Waals surface area contributed by atoms with Crippen LogP contribution in [-0.4, -0.2) is 77.2 Å². The van der Waals surface area contributed by atoms with E-state index < -0.39 is 32.5 Å². The third-order valence-corrected chi connectivity index (χ3v) is 6.45. The van der Waals surface area contributed by atoms with Crippen LogP contribution in [0.3, 0.4) is 0 Å². The lowest BCUT2D eigenvalue weighted by Crippen LogP contribution is -2.52. The van der Waals surface area contributed by atoms with Crippen LogP contribution in [0.5, 0.6) is 0 Å². The topological polar surface area (TPSA) is 119 Å². The molecule has 1 saturated heterocycles. The van der Waals surface area contributed by atoms with Gasteiger partial charge in [-0.25, -0.2) is 16.8 Å². The minimum atomic E-state index is -3.74. The molecule has 1 aliphatic heterocycles. The van der Waals surface area contributed by atoms with Crippen LogP contribution in [0.1, 0.15) is 5.56 Å². The van der Waals surface area contributed by atoms with Gasteiger partial charge in [0.2, 0.25) is 26.0 Å². The zero-order valence-electron chi connectivity index (χ0n) is 14.5. The summed E-state index contributed by atoms with van der Waals surface area (Å²) >= 11 is 0. The molecule has 26 heavy (non-hydrogen) atoms. The summed E-state index contributed by atoms with van der Waals surface area (Å²) in [6.07, 6.45) is 2.10. The fourth-order valence-corrected chi connectivity index (χ4v) is 4.29. The first kappa shape index (κ1) is 20.2. The number of nitriles is 1. The van der Waals surface area contributed by atoms with Gasteiger partial charge in [-0.2, -0.15) is 9.57 Å². The van der Waals surface area contributed by atoms with Crippen molar-refractivity contribution < 1.29 is 21.6 Å². The molecule has 1 amide bonds. The van der Waals surface area contributed by atoms with E-state index in [4.69, 9.17) is 5.26 Å². The van der Waals surface area contributed by atoms with Crippen molar-refractivity contribution in [1.82, 2.24) is 9.21 Å². The molecule has 0 N–H and O–H groups in total. The first-order valence-electron chi connectivity index (χ1n) is 7.73. The second-order valence-corrected chi connectivity index (χ2v) is 9.86. The molecule has 2 rings (SSSR count). The van der Waals surface area contributed by atoms with E-state index in [0.29, 0.717) is 0 Å². The number of carbonyl (C=O) groups excluding carboxylic acids is 1. The summed E-state index contributed by atoms with van der Waals surface area (Å²) in [5.41, 5.74) is 0.514. The molecule has 1 heterocycles. The van der Waals surface area contributed by atoms with Crippen molar-refractivity contribution in [3.63, 3.8) is 0 Å². The summed E-state index contributed by atoms with van der Waals surface area (Å²) < 4.78 is 49.5. The predicted molar refractivity (Wildman–Crippen MR) is 96.3 cm³/mol. The highest BCUT2D eigenvalue weighted by molar-refractivity contribution is 7.92. The minimum Gasteiger partial charge on any atom is -0.338 e. The average molecular weight is 400 g/mol. The number of hydrogen-bond donors (Lipinski definition) is 0. The number of sulfonamides is 2. The molecule has 0 saturated carbocycles. The Kier molecular flexibility index (Phi) is 5.90. The van der Waals surface area contributed by atoms with Crippen LogP contribution in [0.2, 0.25) is 0 Å². The molecule has 0 radical (unpaired) electrons. The molecule has 0 bridgehead atoms. The van der Waals surface area contributed by atoms with Gasteiger partial charge in [-0.1, -0.05) is 6.07 Å². The molecule has 0 unspecified atom stereocenters. The van der Waals surface area contributed by atoms with E-state index in [1.165, 1.54) is 27.4 Å². The molecule has 0 atom stereocenters. The van der Waals surface area contributed by atoms with Crippen LogP contribution in [0, 0.1) is 11.3 Å². The van der Waals surface area contributed by atoms with Crippen LogP contribution < -0.4 is 4.31 Å². The summed E-state index contributed by atoms with van der Waals surface area (Å²) in [6, 6.07) is 7.92. The van der Waals surface area contributed by atoms with Gasteiger partial charge in [0.25, 0.3) is 0 Å². The third-order valence-electron chi connectivity index (χ3n) is 4.00. The largest absolute Gasteiger partial charge is 0.338 e. The second kappa shape index (κ2) is 7.61. The molecular formula is C15H20N4O5S2. The van der Waals surface area contributed by atoms with Crippen molar-refractivity contribution in [2.75, 3.05) is 49.5 Å². The van der Waals surface area contributed by atoms with Gasteiger partial charge in [-0.3, -0.25) is 9.10 Å². The zero-order chi connectivity index (χ0) is 19.5. The van der Waals surface area contributed by atoms with Crippen LogP contribution >= 0.6 is 0 Å². The number of amides is 1. The van der Waals surface area contributed by atoms with Gasteiger partial charge in [0.15, 0.2) is 0 Å². The molecule has 1 fully saturated rings. The van der Waals surface area contributed by atoms with E-state index in [1.807, 2.05) is 6.07 Å². The van der Waals surface area contributed by atoms with Crippen LogP contribution in [0.15, 0.2) is 24.3 Å². The van der Waals surface area contributed by atoms with Crippen molar-refractivity contribution in [2.24, 2.45) is 0 Å². The Labute approximate surface area is 153 Å². The van der Waals surface area contributed by atoms with Crippen LogP contribution in [0.4, 0.5) is 5.69 Å². The molecule has 142 valence electrons. The molecule has 1 aromatic rings. The Balaban J connectivity index is 2.15. The highest BCUT2D eigenvalue weighted by Crippen LogP contribution is 2.19. The Morgan fingerprint density at radius 1 is 1.15 bits per heavy atom. The Morgan fingerprint density at radius 3 is 2.27 bits per heavy atom. The van der Waals surface area contributed by atoms with Gasteiger partial charge in [-0.05, 0) is 18.2 Å². The van der Waals surface area contributed by atoms with E-state index in [9.17, 15) is 21.6 Å². The summed E-state index contributed by atoms with van der Waals surface area (Å²) in [5.74, 6) is -0.425. The summed E-state index contributed by atoms with van der Waals surface area (Å²) in [6.45, 7) is 0.330. The minimum absolute atomic E-state index is 0.174. The van der Waals surface area contributed by atoms with Crippen LogP contribution in [-0.2, 0) is 24.8 Å². The van der Waals surface area contributed by atoms with E-state index in [0.717, 1.165) is 16.8 Å². The van der Waals surface area contributed by atoms with Crippen molar-refractivity contribution in [3.8, 4) is 6.07 Å². The monoisotopic (exact) mass is 400 g/mol. The highest BCUT2D eigenvalue weighted by atomic mass is 32.2. The lowest BCUT2D eigenvalue weighted by molar-refractivity contribution is -0.130. The normalized spacial score (nSPS) is 16.1. The highest BCUT2D eigenvalue weighted by Gasteiger charge is 2.29. The fourth-order valence-electron chi connectivity index (χ4n) is 2.62. The average Bonchev–Trinajstić information content (AvgIpc) is 2.57. The fraction of sp³-hybridized carbons (Fsp3) is 0.467. The Hall–Kier alpha value is -2.16. The SMILES string of the molecule is CS(=O)(=O)N1CCN(C(=O)CN(c2cccc(C#N)c2)S(C)(=O)=O)CC1. The molecule has 1 aromatic carbocycles. The number of carbonyl (C=O) groups is 1. The standard InChI is InChI=1S/C15H20N4O5S2/c1-25(21,22)18-8-6-17(7-9-18)15(20)12-19(26(2,23)24)14-5-3-4-13(10-14)11-16/h3-5,10H,6-9,12H2,1-2H3. The van der Waals surface area contributed by atoms with Crippen molar-refractivity contribution in [2.45, 2.75) is 0 Å². The lowest BCUT2D eigenvalue weighted by atomic mass is 10.2. The van der Waals surface area contributed by atoms with Crippen LogP contribution in [0.25, 0.3) is 0 Å². The van der Waals surface area contributed by atoms with E-state index in [-0.39, 0.29) is 37.4 Å². The summed E-state index contributed by atoms with van der Waals surface area (Å²) in [7, 11) is -7.05. The number of rotatable bonds is 5. The van der Waals surface area contributed by atoms with Crippen molar-refractivity contribution in [1.29, 1.82) is 5.26 Å². The smallest absolute Gasteiger partial charge is 0.243 e. The predicted octanol–water partition coefficient (Wildman–Crippen LogP) is -0.572. The molecule has 11 heteroatoms. The van der Waals surface area contributed by atoms with Gasteiger partial charge >= 0.3 is 0 Å². The van der Waals surface area contributed by atoms with Gasteiger partial charge < -0.3 is 4.90 Å². The van der Waals surface area contributed by atoms with Gasteiger partial charge in [0.1, 0.15) is 6.54 Å². The quantitative estimate of drug-likeness (QED) is 0.653. The first-order chi connectivity index (χ1) is 12.0. The third kappa shape index (κ3) is 4.94. The number of piperazine rings is 1. The van der Waals surface area contributed by atoms with Gasteiger partial charge in [0.05, 0.1) is 29.8 Å². The number of hydrogen-bond acceptors (Lipinski definition) is 6. The molecular weight excluding hydrogens is 380 g/mol. The maximum atomic E-state index is 12.5. The van der Waals surface area contributed by atoms with Crippen molar-refractivity contribution in [3.05, 3.63) is 29.8 Å². The molecule has 1 aliphatic rings. The van der Waals surface area contributed by atoms with E-state index in [2.05, 4.69) is 0 Å². The van der Waals surface area contributed by atoms with Crippen molar-refractivity contribution >= 4 is 31.6 Å². The summed E-state index contributed by atoms with van der Waals surface area (Å²) in [5, 5.41) is 8.98. The second-order valence-electron chi connectivity index (χ2n) is 5.97. The first-order valence-corrected chi connectivity index (χ1v) is 11.4. The van der Waals surface area contributed by atoms with Gasteiger partial charge in [0, 0.05) is 26.2 Å². The molecule has 9 nitrogen and oxygen atoms in total. The lowest BCUT2D eigenvalue weighted by Gasteiger charge is -2.34. The maximum Gasteiger partial charge on any atom is 0.243 e. The molecule has 0 aromatic heterocycles. The number of benzene rings is 1. The van der Waals surface area contributed by atoms with E-state index in [1.54, 1.807) is 6.07 Å². The number of anilines is 1. The maximum absolute atomic E-state index is 12.5. The molecule has 0 spiro atoms. The zero-order valence-corrected chi connectivity index (χ0v) is 16.1. The summed E-state index contributed by atoms with van der Waals surface area (Å²) in [4.78, 5) is 14.0. The van der Waals surface area contributed by atoms with E-state index >= 15 is 0 Å². The number of nitrogens with zero attached hydrogens (tertiary/aromatic N) is 4. The van der Waals surface area contributed by atoms with Gasteiger partial charge in [-0.15, -0.1) is 0 Å². The Morgan fingerprint density at radius 2 is 1.77 bits per heavy atom. The molecule has 0 aliphatic carbocycles.